The van der Waals surface area contributed by atoms with Crippen LogP contribution < -0.4 is 10.5 Å². The molecule has 2 aromatic rings. The van der Waals surface area contributed by atoms with Crippen molar-refractivity contribution in [3.05, 3.63) is 51.9 Å². The second-order valence-electron chi connectivity index (χ2n) is 6.58. The minimum atomic E-state index is -0.743. The van der Waals surface area contributed by atoms with Crippen molar-refractivity contribution in [1.29, 1.82) is 0 Å². The lowest BCUT2D eigenvalue weighted by atomic mass is 10.2. The van der Waals surface area contributed by atoms with Crippen LogP contribution in [0.4, 0.5) is 5.69 Å². The van der Waals surface area contributed by atoms with Crippen molar-refractivity contribution < 1.29 is 9.90 Å². The van der Waals surface area contributed by atoms with Crippen LogP contribution in [0.2, 0.25) is 5.02 Å². The van der Waals surface area contributed by atoms with E-state index in [0.29, 0.717) is 17.8 Å². The summed E-state index contributed by atoms with van der Waals surface area (Å²) in [5.74, 6) is -0.743. The molecule has 8 heteroatoms. The Kier molecular flexibility index (Phi) is 6.47. The Hall–Kier alpha value is -2.38. The average molecular weight is 391 g/mol. The molecule has 1 aromatic heterocycles. The molecular weight excluding hydrogens is 368 g/mol. The second kappa shape index (κ2) is 9.01. The molecule has 0 atom stereocenters. The normalized spacial score (nSPS) is 15.1. The third-order valence-corrected chi connectivity index (χ3v) is 5.08. The molecule has 27 heavy (non-hydrogen) atoms. The molecule has 0 saturated carbocycles. The molecule has 7 nitrogen and oxygen atoms in total. The van der Waals surface area contributed by atoms with Crippen LogP contribution in [-0.2, 0) is 4.79 Å². The second-order valence-corrected chi connectivity index (χ2v) is 6.95. The maximum Gasteiger partial charge on any atom is 0.303 e. The highest BCUT2D eigenvalue weighted by Gasteiger charge is 2.21. The number of carboxylic acid groups (broad SMARTS) is 1. The van der Waals surface area contributed by atoms with Gasteiger partial charge in [0.15, 0.2) is 0 Å². The fourth-order valence-corrected chi connectivity index (χ4v) is 3.47. The molecule has 1 fully saturated rings. The highest BCUT2D eigenvalue weighted by atomic mass is 35.5. The topological polar surface area (TPSA) is 78.7 Å². The van der Waals surface area contributed by atoms with Gasteiger partial charge in [0, 0.05) is 32.6 Å². The van der Waals surface area contributed by atoms with E-state index < -0.39 is 5.97 Å². The van der Waals surface area contributed by atoms with Crippen LogP contribution in [0, 0.1) is 0 Å². The van der Waals surface area contributed by atoms with Crippen LogP contribution in [0.5, 0.6) is 0 Å². The maximum atomic E-state index is 12.6. The predicted molar refractivity (Wildman–Crippen MR) is 105 cm³/mol. The first-order chi connectivity index (χ1) is 13.1. The quantitative estimate of drug-likeness (QED) is 0.730. The fourth-order valence-electron chi connectivity index (χ4n) is 3.22. The van der Waals surface area contributed by atoms with Crippen LogP contribution in [0.1, 0.15) is 19.3 Å². The molecule has 0 unspecified atom stereocenters. The van der Waals surface area contributed by atoms with E-state index in [0.717, 1.165) is 39.1 Å². The summed E-state index contributed by atoms with van der Waals surface area (Å²) < 4.78 is 1.31. The summed E-state index contributed by atoms with van der Waals surface area (Å²) in [6.45, 7) is 4.11. The van der Waals surface area contributed by atoms with Crippen molar-refractivity contribution in [3.8, 4) is 5.69 Å². The van der Waals surface area contributed by atoms with Crippen molar-refractivity contribution in [1.82, 2.24) is 14.7 Å². The number of unbranched alkanes of at least 4 members (excludes halogenated alkanes) is 1. The summed E-state index contributed by atoms with van der Waals surface area (Å²) in [6, 6.07) is 9.20. The first-order valence-electron chi connectivity index (χ1n) is 9.08. The monoisotopic (exact) mass is 390 g/mol. The van der Waals surface area contributed by atoms with Crippen molar-refractivity contribution in [2.45, 2.75) is 19.3 Å². The van der Waals surface area contributed by atoms with E-state index in [1.807, 2.05) is 30.3 Å². The number of halogens is 1. The molecule has 3 rings (SSSR count). The molecule has 1 saturated heterocycles. The molecule has 144 valence electrons. The van der Waals surface area contributed by atoms with Crippen molar-refractivity contribution >= 4 is 23.3 Å². The van der Waals surface area contributed by atoms with E-state index >= 15 is 0 Å². The Labute approximate surface area is 162 Å². The van der Waals surface area contributed by atoms with E-state index in [4.69, 9.17) is 16.7 Å². The molecule has 0 amide bonds. The summed E-state index contributed by atoms with van der Waals surface area (Å²) in [5, 5.41) is 13.2. The Morgan fingerprint density at radius 1 is 1.11 bits per heavy atom. The third kappa shape index (κ3) is 4.87. The first kappa shape index (κ1) is 19.4. The Morgan fingerprint density at radius 3 is 2.48 bits per heavy atom. The van der Waals surface area contributed by atoms with Gasteiger partial charge < -0.3 is 10.0 Å². The number of piperazine rings is 1. The molecule has 1 aliphatic rings. The van der Waals surface area contributed by atoms with Gasteiger partial charge in [-0.25, -0.2) is 0 Å². The van der Waals surface area contributed by atoms with E-state index in [1.54, 1.807) is 6.20 Å². The molecule has 1 aromatic carbocycles. The molecule has 0 radical (unpaired) electrons. The Bertz CT molecular complexity index is 833. The summed E-state index contributed by atoms with van der Waals surface area (Å²) in [5.41, 5.74) is 1.03. The number of aromatic nitrogens is 2. The molecule has 1 N–H and O–H groups in total. The number of hydrogen-bond donors (Lipinski definition) is 1. The summed E-state index contributed by atoms with van der Waals surface area (Å²) in [4.78, 5) is 27.6. The van der Waals surface area contributed by atoms with Gasteiger partial charge in [0.05, 0.1) is 17.6 Å². The number of carboxylic acids is 1. The van der Waals surface area contributed by atoms with Gasteiger partial charge in [-0.2, -0.15) is 9.78 Å². The average Bonchev–Trinajstić information content (AvgIpc) is 2.68. The summed E-state index contributed by atoms with van der Waals surface area (Å²) in [7, 11) is 0. The minimum absolute atomic E-state index is 0.184. The molecular formula is C19H23ClN4O3. The van der Waals surface area contributed by atoms with Crippen LogP contribution in [0.3, 0.4) is 0 Å². The zero-order valence-electron chi connectivity index (χ0n) is 15.1. The van der Waals surface area contributed by atoms with Gasteiger partial charge in [-0.15, -0.1) is 0 Å². The number of anilines is 1. The molecule has 0 spiro atoms. The van der Waals surface area contributed by atoms with Crippen molar-refractivity contribution in [3.63, 3.8) is 0 Å². The zero-order valence-corrected chi connectivity index (χ0v) is 15.8. The highest BCUT2D eigenvalue weighted by Crippen LogP contribution is 2.23. The van der Waals surface area contributed by atoms with E-state index in [1.165, 1.54) is 4.68 Å². The number of hydrogen-bond acceptors (Lipinski definition) is 5. The smallest absolute Gasteiger partial charge is 0.303 e. The van der Waals surface area contributed by atoms with Gasteiger partial charge in [0.1, 0.15) is 5.02 Å². The number of para-hydroxylation sites is 1. The highest BCUT2D eigenvalue weighted by molar-refractivity contribution is 6.33. The zero-order chi connectivity index (χ0) is 19.2. The third-order valence-electron chi connectivity index (χ3n) is 4.73. The number of carbonyl (C=O) groups is 1. The van der Waals surface area contributed by atoms with E-state index in [2.05, 4.69) is 14.9 Å². The van der Waals surface area contributed by atoms with Gasteiger partial charge in [0.25, 0.3) is 5.56 Å². The van der Waals surface area contributed by atoms with E-state index in [-0.39, 0.29) is 17.0 Å². The largest absolute Gasteiger partial charge is 0.481 e. The summed E-state index contributed by atoms with van der Waals surface area (Å²) in [6.07, 6.45) is 3.45. The van der Waals surface area contributed by atoms with Crippen LogP contribution in [0.15, 0.2) is 41.3 Å². The summed E-state index contributed by atoms with van der Waals surface area (Å²) >= 11 is 6.37. The van der Waals surface area contributed by atoms with Crippen LogP contribution in [0.25, 0.3) is 5.69 Å². The lowest BCUT2D eigenvalue weighted by Crippen LogP contribution is -2.47. The molecule has 0 bridgehead atoms. The van der Waals surface area contributed by atoms with Gasteiger partial charge >= 0.3 is 5.97 Å². The first-order valence-corrected chi connectivity index (χ1v) is 9.46. The van der Waals surface area contributed by atoms with Crippen LogP contribution >= 0.6 is 11.6 Å². The van der Waals surface area contributed by atoms with E-state index in [9.17, 15) is 9.59 Å². The minimum Gasteiger partial charge on any atom is -0.481 e. The maximum absolute atomic E-state index is 12.6. The van der Waals surface area contributed by atoms with Crippen molar-refractivity contribution in [2.75, 3.05) is 37.6 Å². The van der Waals surface area contributed by atoms with Crippen LogP contribution in [-0.4, -0.2) is 58.5 Å². The predicted octanol–water partition coefficient (Wildman–Crippen LogP) is 2.26. The molecule has 1 aliphatic heterocycles. The lowest BCUT2D eigenvalue weighted by molar-refractivity contribution is -0.137. The molecule has 2 heterocycles. The number of benzene rings is 1. The SMILES string of the molecule is O=C(O)CCCCN1CCN(c2cnn(-c3ccccc3)c(=O)c2Cl)CC1. The van der Waals surface area contributed by atoms with Gasteiger partial charge in [-0.1, -0.05) is 29.8 Å². The standard InChI is InChI=1S/C19H23ClN4O3/c20-18-16(14-21-24(19(18)27)15-6-2-1-3-7-15)23-12-10-22(11-13-23)9-5-4-8-17(25)26/h1-3,6-7,14H,4-5,8-13H2,(H,25,26). The number of nitrogens with zero attached hydrogens (tertiary/aromatic N) is 4. The molecule has 0 aliphatic carbocycles. The Morgan fingerprint density at radius 2 is 1.81 bits per heavy atom. The lowest BCUT2D eigenvalue weighted by Gasteiger charge is -2.36. The number of aliphatic carboxylic acids is 1. The Balaban J connectivity index is 1.61. The van der Waals surface area contributed by atoms with Gasteiger partial charge in [0.2, 0.25) is 0 Å². The van der Waals surface area contributed by atoms with Crippen molar-refractivity contribution in [2.24, 2.45) is 0 Å². The number of rotatable bonds is 7. The fraction of sp³-hybridized carbons (Fsp3) is 0.421. The van der Waals surface area contributed by atoms with Gasteiger partial charge in [-0.05, 0) is 31.5 Å². The van der Waals surface area contributed by atoms with Gasteiger partial charge in [-0.3, -0.25) is 14.5 Å².